The highest BCUT2D eigenvalue weighted by Gasteiger charge is 2.09. The van der Waals surface area contributed by atoms with Gasteiger partial charge < -0.3 is 9.84 Å². The Bertz CT molecular complexity index is 1150. The van der Waals surface area contributed by atoms with E-state index in [1.165, 1.54) is 0 Å². The monoisotopic (exact) mass is 414 g/mol. The minimum Gasteiger partial charge on any atom is -0.489 e. The van der Waals surface area contributed by atoms with Gasteiger partial charge in [0.15, 0.2) is 0 Å². The lowest BCUT2D eigenvalue weighted by atomic mass is 9.99. The van der Waals surface area contributed by atoms with Crippen molar-refractivity contribution in [3.8, 4) is 28.0 Å². The fraction of sp³-hybridized carbons (Fsp3) is 0.0385. The molecule has 3 nitrogen and oxygen atoms in total. The standard InChI is InChI=1S/C26H19ClO3/c27-23-12-15-25(20-6-8-21(9-7-20)26(28)29)22(16-23)17-30-24-13-10-19(11-14-24)18-4-2-1-3-5-18/h1-16H,17H2,(H,28,29). The zero-order chi connectivity index (χ0) is 20.9. The molecule has 0 bridgehead atoms. The maximum absolute atomic E-state index is 11.1. The van der Waals surface area contributed by atoms with Crippen LogP contribution in [0.1, 0.15) is 15.9 Å². The molecule has 4 aromatic rings. The van der Waals surface area contributed by atoms with E-state index < -0.39 is 5.97 Å². The van der Waals surface area contributed by atoms with Crippen molar-refractivity contribution in [1.82, 2.24) is 0 Å². The molecule has 0 aliphatic heterocycles. The smallest absolute Gasteiger partial charge is 0.335 e. The molecule has 4 aromatic carbocycles. The summed E-state index contributed by atoms with van der Waals surface area (Å²) in [6.07, 6.45) is 0. The van der Waals surface area contributed by atoms with Crippen LogP contribution in [-0.2, 0) is 6.61 Å². The van der Waals surface area contributed by atoms with Gasteiger partial charge >= 0.3 is 5.97 Å². The Morgan fingerprint density at radius 3 is 2.07 bits per heavy atom. The first-order valence-corrected chi connectivity index (χ1v) is 9.88. The van der Waals surface area contributed by atoms with Gasteiger partial charge in [0.2, 0.25) is 0 Å². The van der Waals surface area contributed by atoms with Crippen LogP contribution >= 0.6 is 11.6 Å². The van der Waals surface area contributed by atoms with Crippen molar-refractivity contribution < 1.29 is 14.6 Å². The molecule has 0 saturated carbocycles. The molecule has 0 heterocycles. The quantitative estimate of drug-likeness (QED) is 0.371. The molecule has 0 radical (unpaired) electrons. The molecule has 4 rings (SSSR count). The summed E-state index contributed by atoms with van der Waals surface area (Å²) in [6.45, 7) is 0.348. The Morgan fingerprint density at radius 2 is 1.40 bits per heavy atom. The summed E-state index contributed by atoms with van der Waals surface area (Å²) < 4.78 is 6.01. The molecule has 148 valence electrons. The summed E-state index contributed by atoms with van der Waals surface area (Å²) in [5.74, 6) is -0.179. The highest BCUT2D eigenvalue weighted by atomic mass is 35.5. The van der Waals surface area contributed by atoms with E-state index in [-0.39, 0.29) is 5.56 Å². The predicted octanol–water partition coefficient (Wildman–Crippen LogP) is 6.95. The summed E-state index contributed by atoms with van der Waals surface area (Å²) >= 11 is 6.21. The third-order valence-electron chi connectivity index (χ3n) is 4.87. The second-order valence-corrected chi connectivity index (χ2v) is 7.30. The Kier molecular flexibility index (Phi) is 5.82. The molecular formula is C26H19ClO3. The van der Waals surface area contributed by atoms with Gasteiger partial charge in [0.25, 0.3) is 0 Å². The average Bonchev–Trinajstić information content (AvgIpc) is 2.79. The molecule has 0 saturated heterocycles. The number of hydrogen-bond donors (Lipinski definition) is 1. The SMILES string of the molecule is O=C(O)c1ccc(-c2ccc(Cl)cc2COc2ccc(-c3ccccc3)cc2)cc1. The number of rotatable bonds is 6. The van der Waals surface area contributed by atoms with Crippen LogP contribution in [0, 0.1) is 0 Å². The number of carboxylic acid groups (broad SMARTS) is 1. The normalized spacial score (nSPS) is 10.6. The van der Waals surface area contributed by atoms with Gasteiger partial charge in [0, 0.05) is 5.02 Å². The Morgan fingerprint density at radius 1 is 0.767 bits per heavy atom. The van der Waals surface area contributed by atoms with Gasteiger partial charge in [-0.25, -0.2) is 4.79 Å². The van der Waals surface area contributed by atoms with Crippen LogP contribution in [0.2, 0.25) is 5.02 Å². The maximum Gasteiger partial charge on any atom is 0.335 e. The molecule has 0 aromatic heterocycles. The highest BCUT2D eigenvalue weighted by molar-refractivity contribution is 6.30. The van der Waals surface area contributed by atoms with Crippen LogP contribution in [0.25, 0.3) is 22.3 Å². The van der Waals surface area contributed by atoms with Crippen molar-refractivity contribution in [3.05, 3.63) is 113 Å². The van der Waals surface area contributed by atoms with E-state index in [1.807, 2.05) is 60.7 Å². The molecule has 0 unspecified atom stereocenters. The van der Waals surface area contributed by atoms with Crippen molar-refractivity contribution in [2.45, 2.75) is 6.61 Å². The lowest BCUT2D eigenvalue weighted by molar-refractivity contribution is 0.0697. The fourth-order valence-corrected chi connectivity index (χ4v) is 3.49. The first-order chi connectivity index (χ1) is 14.6. The minimum absolute atomic E-state index is 0.254. The summed E-state index contributed by atoms with van der Waals surface area (Å²) in [6, 6.07) is 30.6. The summed E-state index contributed by atoms with van der Waals surface area (Å²) in [5.41, 5.74) is 5.34. The molecule has 0 spiro atoms. The van der Waals surface area contributed by atoms with Crippen LogP contribution in [0.3, 0.4) is 0 Å². The Balaban J connectivity index is 1.53. The van der Waals surface area contributed by atoms with Gasteiger partial charge in [-0.15, -0.1) is 0 Å². The summed E-state index contributed by atoms with van der Waals surface area (Å²) in [7, 11) is 0. The molecule has 0 atom stereocenters. The van der Waals surface area contributed by atoms with E-state index in [9.17, 15) is 4.79 Å². The highest BCUT2D eigenvalue weighted by Crippen LogP contribution is 2.29. The van der Waals surface area contributed by atoms with Crippen molar-refractivity contribution in [2.75, 3.05) is 0 Å². The van der Waals surface area contributed by atoms with E-state index in [0.717, 1.165) is 33.6 Å². The van der Waals surface area contributed by atoms with E-state index in [4.69, 9.17) is 21.4 Å². The van der Waals surface area contributed by atoms with Crippen LogP contribution in [0.15, 0.2) is 97.1 Å². The number of halogens is 1. The number of hydrogen-bond acceptors (Lipinski definition) is 2. The van der Waals surface area contributed by atoms with Gasteiger partial charge in [0.05, 0.1) is 5.56 Å². The molecule has 0 aliphatic rings. The summed E-state index contributed by atoms with van der Waals surface area (Å²) in [5, 5.41) is 9.73. The van der Waals surface area contributed by atoms with Gasteiger partial charge in [0.1, 0.15) is 12.4 Å². The molecular weight excluding hydrogens is 396 g/mol. The fourth-order valence-electron chi connectivity index (χ4n) is 3.29. The first kappa shape index (κ1) is 19.7. The molecule has 30 heavy (non-hydrogen) atoms. The van der Waals surface area contributed by atoms with Crippen LogP contribution in [0.5, 0.6) is 5.75 Å². The predicted molar refractivity (Wildman–Crippen MR) is 120 cm³/mol. The second-order valence-electron chi connectivity index (χ2n) is 6.86. The third-order valence-corrected chi connectivity index (χ3v) is 5.10. The van der Waals surface area contributed by atoms with Gasteiger partial charge in [-0.05, 0) is 64.2 Å². The van der Waals surface area contributed by atoms with Gasteiger partial charge in [-0.3, -0.25) is 0 Å². The lowest BCUT2D eigenvalue weighted by Gasteiger charge is -2.13. The van der Waals surface area contributed by atoms with Crippen molar-refractivity contribution in [2.24, 2.45) is 0 Å². The number of benzene rings is 4. The minimum atomic E-state index is -0.944. The van der Waals surface area contributed by atoms with E-state index >= 15 is 0 Å². The Hall–Kier alpha value is -3.56. The lowest BCUT2D eigenvalue weighted by Crippen LogP contribution is -1.99. The van der Waals surface area contributed by atoms with Crippen LogP contribution < -0.4 is 4.74 Å². The van der Waals surface area contributed by atoms with Crippen molar-refractivity contribution >= 4 is 17.6 Å². The Labute approximate surface area is 180 Å². The van der Waals surface area contributed by atoms with E-state index in [2.05, 4.69) is 12.1 Å². The molecule has 1 N–H and O–H groups in total. The van der Waals surface area contributed by atoms with E-state index in [1.54, 1.807) is 24.3 Å². The van der Waals surface area contributed by atoms with E-state index in [0.29, 0.717) is 11.6 Å². The average molecular weight is 415 g/mol. The number of carbonyl (C=O) groups is 1. The number of ether oxygens (including phenoxy) is 1. The van der Waals surface area contributed by atoms with Crippen LogP contribution in [-0.4, -0.2) is 11.1 Å². The maximum atomic E-state index is 11.1. The van der Waals surface area contributed by atoms with Crippen molar-refractivity contribution in [1.29, 1.82) is 0 Å². The van der Waals surface area contributed by atoms with Gasteiger partial charge in [-0.1, -0.05) is 72.3 Å². The number of aromatic carboxylic acids is 1. The molecule has 0 amide bonds. The molecule has 0 fully saturated rings. The third kappa shape index (κ3) is 4.53. The first-order valence-electron chi connectivity index (χ1n) is 9.50. The topological polar surface area (TPSA) is 46.5 Å². The number of carboxylic acids is 1. The second kappa shape index (κ2) is 8.85. The van der Waals surface area contributed by atoms with Crippen molar-refractivity contribution in [3.63, 3.8) is 0 Å². The van der Waals surface area contributed by atoms with Gasteiger partial charge in [-0.2, -0.15) is 0 Å². The molecule has 4 heteroatoms. The largest absolute Gasteiger partial charge is 0.489 e. The zero-order valence-corrected chi connectivity index (χ0v) is 16.8. The van der Waals surface area contributed by atoms with Crippen LogP contribution in [0.4, 0.5) is 0 Å². The molecule has 0 aliphatic carbocycles. The summed E-state index contributed by atoms with van der Waals surface area (Å²) in [4.78, 5) is 11.1. The zero-order valence-electron chi connectivity index (χ0n) is 16.1.